The number of carbonyl (C=O) groups excluding carboxylic acids is 9. The molecule has 4 rings (SSSR count). The van der Waals surface area contributed by atoms with Gasteiger partial charge in [0.1, 0.15) is 49.1 Å². The number of nitrogens with one attached hydrogen (secondary N) is 2. The van der Waals surface area contributed by atoms with Crippen molar-refractivity contribution < 1.29 is 144 Å². The summed E-state index contributed by atoms with van der Waals surface area (Å²) in [5.41, 5.74) is 4.39. The lowest BCUT2D eigenvalue weighted by atomic mass is 10.2. The number of carbonyl (C=O) groups is 11. The minimum atomic E-state index is -5.62. The number of rotatable bonds is 12. The van der Waals surface area contributed by atoms with Gasteiger partial charge in [0.2, 0.25) is 0 Å². The van der Waals surface area contributed by atoms with E-state index < -0.39 is 90.5 Å². The predicted octanol–water partition coefficient (Wildman–Crippen LogP) is 9.77. The van der Waals surface area contributed by atoms with Crippen LogP contribution in [0.1, 0.15) is 80.2 Å². The Morgan fingerprint density at radius 3 is 1.33 bits per heavy atom. The third kappa shape index (κ3) is 31.8. The highest BCUT2D eigenvalue weighted by Gasteiger charge is 2.49. The number of nitrogens with zero attached hydrogens (tertiary/aromatic N) is 1. The number of halogens is 13. The van der Waals surface area contributed by atoms with E-state index in [1.54, 1.807) is 22.1 Å². The average molecular weight is 1380 g/mol. The number of methoxy groups -OCH3 is 3. The third-order valence-electron chi connectivity index (χ3n) is 7.58. The molecule has 0 atom stereocenters. The largest absolute Gasteiger partial charge is 0.491 e. The van der Waals surface area contributed by atoms with Crippen molar-refractivity contribution in [3.8, 4) is 0 Å². The molecule has 0 aromatic carbocycles. The second kappa shape index (κ2) is 35.0. The molecule has 4 aromatic rings. The number of carboxylic acids is 2. The van der Waals surface area contributed by atoms with E-state index in [1.807, 2.05) is 20.8 Å². The lowest BCUT2D eigenvalue weighted by Crippen LogP contribution is -2.45. The van der Waals surface area contributed by atoms with E-state index in [9.17, 15) is 105 Å². The summed E-state index contributed by atoms with van der Waals surface area (Å²) in [5.74, 6) is -16.2. The number of esters is 7. The van der Waals surface area contributed by atoms with E-state index in [1.165, 1.54) is 62.1 Å². The van der Waals surface area contributed by atoms with Crippen molar-refractivity contribution in [2.75, 3.05) is 61.0 Å². The maximum atomic E-state index is 12.8. The molecule has 23 nitrogen and oxygen atoms in total. The summed E-state index contributed by atoms with van der Waals surface area (Å²) in [4.78, 5) is 119. The van der Waals surface area contributed by atoms with E-state index in [-0.39, 0.29) is 60.3 Å². The third-order valence-corrected chi connectivity index (χ3v) is 11.6. The van der Waals surface area contributed by atoms with Crippen LogP contribution in [0, 0.1) is 0 Å². The molecule has 0 radical (unpaired) electrons. The van der Waals surface area contributed by atoms with Crippen molar-refractivity contribution in [3.63, 3.8) is 0 Å². The number of amides is 2. The highest BCUT2D eigenvalue weighted by Crippen LogP contribution is 2.32. The van der Waals surface area contributed by atoms with Crippen molar-refractivity contribution in [1.82, 2.24) is 0 Å². The number of ether oxygens (including phenoxy) is 6. The van der Waals surface area contributed by atoms with E-state index in [2.05, 4.69) is 40.2 Å². The smallest absolute Gasteiger partial charge is 0.480 e. The maximum absolute atomic E-state index is 12.8. The standard InChI is InChI=1S/C14H16F3NO5S.C8H6F3NO3S.C7H7NO4S.C6H11BrO2.C6H7NO2S.C4F6O3/c1-13(2,3)23-9(19)7-18(12(21)14(15,16)17)8-5-6-24-10(8)11(20)22-4;1-15-6(13)5-4(2-3-16-5)12-7(14)8(9,10)11;9-5(10)3-8-4-1-2-13-6(4)7(11)12;1-6(2,3)9-5(8)4-7;1-9-6(8)5-4(7)2-3-10-5;5-3(6,7)1(11)13-2(12)4(8,9)10/h5-6H,7H2,1-4H3;2-3H,1H3,(H,12,14);1-2,8H,3H2,(H,9,10)(H,11,12);4H2,1-3H3;2-3H,7H2,1H3;. The van der Waals surface area contributed by atoms with Crippen LogP contribution in [0.3, 0.4) is 0 Å². The van der Waals surface area contributed by atoms with Crippen LogP contribution in [0.5, 0.6) is 0 Å². The maximum Gasteiger partial charge on any atom is 0.491 e. The monoisotopic (exact) mass is 1380 g/mol. The Balaban J connectivity index is 0. The number of nitrogen functional groups attached to an aromatic ring is 1. The number of aromatic carboxylic acids is 1. The Morgan fingerprint density at radius 2 is 0.953 bits per heavy atom. The van der Waals surface area contributed by atoms with Crippen molar-refractivity contribution in [1.29, 1.82) is 0 Å². The highest BCUT2D eigenvalue weighted by atomic mass is 79.9. The van der Waals surface area contributed by atoms with Gasteiger partial charge in [0.05, 0.1) is 44.1 Å². The first kappa shape index (κ1) is 79.5. The SMILES string of the molecule is CC(C)(C)OC(=O)CBr.COC(=O)c1sccc1N.COC(=O)c1sccc1N(CC(=O)OC(C)(C)C)C(=O)C(F)(F)F.COC(=O)c1sccc1NC(=O)C(F)(F)F.O=C(O)CNc1ccsc1C(=O)O.O=C(OC(=O)C(F)(F)F)C(F)(F)F. The summed E-state index contributed by atoms with van der Waals surface area (Å²) < 4.78 is 167. The minimum absolute atomic E-state index is 0.0832. The highest BCUT2D eigenvalue weighted by molar-refractivity contribution is 9.09. The fraction of sp³-hybridized carbons (Fsp3) is 0.400. The topological polar surface area (TPSA) is 337 Å². The molecule has 0 aliphatic rings. The van der Waals surface area contributed by atoms with Crippen LogP contribution < -0.4 is 21.3 Å². The minimum Gasteiger partial charge on any atom is -0.480 e. The zero-order valence-electron chi connectivity index (χ0n) is 44.6. The molecule has 4 heterocycles. The molecular formula is C45H47BrF12N4O19S4. The van der Waals surface area contributed by atoms with Gasteiger partial charge in [0, 0.05) is 0 Å². The summed E-state index contributed by atoms with van der Waals surface area (Å²) in [5, 5.41) is 27.4. The number of carboxylic acid groups (broad SMARTS) is 2. The Hall–Kier alpha value is -7.59. The summed E-state index contributed by atoms with van der Waals surface area (Å²) in [6.07, 6.45) is -21.5. The van der Waals surface area contributed by atoms with Crippen LogP contribution in [-0.2, 0) is 62.0 Å². The molecule has 0 saturated heterocycles. The Labute approximate surface area is 495 Å². The molecule has 0 spiro atoms. The van der Waals surface area contributed by atoms with Crippen molar-refractivity contribution in [3.05, 3.63) is 65.3 Å². The second-order valence-electron chi connectivity index (χ2n) is 16.5. The van der Waals surface area contributed by atoms with Crippen LogP contribution in [0.4, 0.5) is 75.4 Å². The van der Waals surface area contributed by atoms with Gasteiger partial charge in [-0.05, 0) is 87.3 Å². The summed E-state index contributed by atoms with van der Waals surface area (Å²) in [6.45, 7) is 8.85. The van der Waals surface area contributed by atoms with Gasteiger partial charge < -0.3 is 55.0 Å². The quantitative estimate of drug-likeness (QED) is 0.0289. The molecule has 4 aromatic heterocycles. The Kier molecular flexibility index (Phi) is 32.7. The zero-order chi connectivity index (χ0) is 66.8. The number of thiophene rings is 4. The molecule has 40 heteroatoms. The van der Waals surface area contributed by atoms with Gasteiger partial charge in [-0.2, -0.15) is 52.7 Å². The van der Waals surface area contributed by atoms with Crippen LogP contribution in [-0.4, -0.2) is 151 Å². The normalized spacial score (nSPS) is 11.0. The molecule has 0 bridgehead atoms. The predicted molar refractivity (Wildman–Crippen MR) is 281 cm³/mol. The fourth-order valence-corrected chi connectivity index (χ4v) is 7.60. The van der Waals surface area contributed by atoms with Gasteiger partial charge in [-0.15, -0.1) is 45.3 Å². The van der Waals surface area contributed by atoms with Crippen molar-refractivity contribution in [2.24, 2.45) is 0 Å². The number of nitrogens with two attached hydrogens (primary N) is 1. The summed E-state index contributed by atoms with van der Waals surface area (Å²) >= 11 is 7.00. The Morgan fingerprint density at radius 1 is 0.553 bits per heavy atom. The first-order chi connectivity index (χ1) is 38.6. The molecule has 0 saturated carbocycles. The van der Waals surface area contributed by atoms with Gasteiger partial charge in [0.15, 0.2) is 0 Å². The molecular weight excluding hydrogens is 1340 g/mol. The summed E-state index contributed by atoms with van der Waals surface area (Å²) in [7, 11) is 3.48. The lowest BCUT2D eigenvalue weighted by Gasteiger charge is -2.25. The van der Waals surface area contributed by atoms with E-state index >= 15 is 0 Å². The molecule has 0 aliphatic heterocycles. The molecule has 0 unspecified atom stereocenters. The van der Waals surface area contributed by atoms with Gasteiger partial charge in [-0.3, -0.25) is 28.9 Å². The molecule has 6 N–H and O–H groups in total. The molecule has 85 heavy (non-hydrogen) atoms. The van der Waals surface area contributed by atoms with Crippen LogP contribution in [0.2, 0.25) is 0 Å². The van der Waals surface area contributed by atoms with Gasteiger partial charge >= 0.3 is 90.2 Å². The molecule has 2 amide bonds. The van der Waals surface area contributed by atoms with Gasteiger partial charge in [-0.25, -0.2) is 28.8 Å². The first-order valence-electron chi connectivity index (χ1n) is 21.8. The van der Waals surface area contributed by atoms with Crippen LogP contribution in [0.15, 0.2) is 45.8 Å². The van der Waals surface area contributed by atoms with Crippen LogP contribution in [0.25, 0.3) is 0 Å². The summed E-state index contributed by atoms with van der Waals surface area (Å²) in [6, 6.07) is 5.54. The van der Waals surface area contributed by atoms with Crippen molar-refractivity contribution in [2.45, 2.75) is 77.4 Å². The van der Waals surface area contributed by atoms with Gasteiger partial charge in [-0.1, -0.05) is 15.9 Å². The van der Waals surface area contributed by atoms with E-state index in [0.717, 1.165) is 54.3 Å². The second-order valence-corrected chi connectivity index (χ2v) is 20.7. The number of hydrogen-bond acceptors (Lipinski definition) is 23. The lowest BCUT2D eigenvalue weighted by molar-refractivity contribution is -0.221. The van der Waals surface area contributed by atoms with E-state index in [0.29, 0.717) is 16.3 Å². The average Bonchev–Trinajstić information content (AvgIpc) is 4.46. The number of anilines is 4. The molecule has 0 aliphatic carbocycles. The van der Waals surface area contributed by atoms with Crippen molar-refractivity contribution >= 4 is 150 Å². The van der Waals surface area contributed by atoms with Crippen LogP contribution >= 0.6 is 61.3 Å². The number of alkyl halides is 13. The van der Waals surface area contributed by atoms with Gasteiger partial charge in [0.25, 0.3) is 0 Å². The molecule has 0 fully saturated rings. The fourth-order valence-electron chi connectivity index (χ4n) is 4.47. The number of hydrogen-bond donors (Lipinski definition) is 5. The first-order valence-corrected chi connectivity index (χ1v) is 26.4. The Bertz CT molecular complexity index is 2900. The number of aliphatic carboxylic acids is 1. The zero-order valence-corrected chi connectivity index (χ0v) is 49.5. The van der Waals surface area contributed by atoms with E-state index in [4.69, 9.17) is 25.4 Å². The molecule has 476 valence electrons.